The first-order valence-corrected chi connectivity index (χ1v) is 7.46. The van der Waals surface area contributed by atoms with Crippen molar-refractivity contribution in [1.82, 2.24) is 15.1 Å². The molecule has 6 nitrogen and oxygen atoms in total. The number of rotatable bonds is 6. The van der Waals surface area contributed by atoms with E-state index in [4.69, 9.17) is 13.9 Å². The second-order valence-electron chi connectivity index (χ2n) is 5.62. The van der Waals surface area contributed by atoms with Gasteiger partial charge in [-0.2, -0.15) is 0 Å². The van der Waals surface area contributed by atoms with Crippen molar-refractivity contribution in [3.05, 3.63) is 41.6 Å². The number of ether oxygens (including phenoxy) is 2. The van der Waals surface area contributed by atoms with Gasteiger partial charge >= 0.3 is 0 Å². The molecule has 1 atom stereocenters. The Balaban J connectivity index is 1.58. The van der Waals surface area contributed by atoms with Gasteiger partial charge in [0.25, 0.3) is 0 Å². The van der Waals surface area contributed by atoms with Gasteiger partial charge in [0.1, 0.15) is 5.75 Å². The van der Waals surface area contributed by atoms with Crippen LogP contribution in [0.5, 0.6) is 5.75 Å². The number of aromatic nitrogens is 2. The number of hydrogen-bond donors (Lipinski definition) is 0. The minimum absolute atomic E-state index is 0.255. The van der Waals surface area contributed by atoms with Crippen molar-refractivity contribution in [1.29, 1.82) is 0 Å². The molecule has 2 aromatic rings. The first-order valence-electron chi connectivity index (χ1n) is 7.46. The quantitative estimate of drug-likeness (QED) is 0.815. The van der Waals surface area contributed by atoms with Gasteiger partial charge in [-0.1, -0.05) is 12.1 Å². The predicted molar refractivity (Wildman–Crippen MR) is 80.6 cm³/mol. The lowest BCUT2D eigenvalue weighted by molar-refractivity contribution is 0.190. The van der Waals surface area contributed by atoms with Crippen LogP contribution in [-0.4, -0.2) is 42.5 Å². The lowest BCUT2D eigenvalue weighted by Gasteiger charge is -2.14. The molecule has 0 spiro atoms. The summed E-state index contributed by atoms with van der Waals surface area (Å²) in [5, 5.41) is 8.28. The maximum Gasteiger partial charge on any atom is 0.230 e. The maximum atomic E-state index is 5.75. The Bertz CT molecular complexity index is 608. The average molecular weight is 303 g/mol. The van der Waals surface area contributed by atoms with Crippen LogP contribution in [0.4, 0.5) is 0 Å². The van der Waals surface area contributed by atoms with E-state index in [1.807, 2.05) is 25.2 Å². The van der Waals surface area contributed by atoms with Crippen molar-refractivity contribution in [2.45, 2.75) is 25.4 Å². The van der Waals surface area contributed by atoms with Crippen LogP contribution < -0.4 is 4.74 Å². The Morgan fingerprint density at radius 3 is 3.00 bits per heavy atom. The Morgan fingerprint density at radius 2 is 2.23 bits per heavy atom. The van der Waals surface area contributed by atoms with Crippen molar-refractivity contribution >= 4 is 0 Å². The van der Waals surface area contributed by atoms with Crippen molar-refractivity contribution in [3.8, 4) is 5.75 Å². The van der Waals surface area contributed by atoms with Gasteiger partial charge in [-0.15, -0.1) is 10.2 Å². The van der Waals surface area contributed by atoms with Gasteiger partial charge in [-0.3, -0.25) is 4.90 Å². The molecule has 0 N–H and O–H groups in total. The van der Waals surface area contributed by atoms with Crippen molar-refractivity contribution in [3.63, 3.8) is 0 Å². The highest BCUT2D eigenvalue weighted by atomic mass is 16.5. The van der Waals surface area contributed by atoms with E-state index in [0.717, 1.165) is 25.3 Å². The summed E-state index contributed by atoms with van der Waals surface area (Å²) in [6.45, 7) is 2.87. The summed E-state index contributed by atoms with van der Waals surface area (Å²) in [5.41, 5.74) is 1.19. The van der Waals surface area contributed by atoms with Crippen LogP contribution in [0, 0.1) is 0 Å². The summed E-state index contributed by atoms with van der Waals surface area (Å²) in [5.74, 6) is 2.46. The zero-order valence-electron chi connectivity index (χ0n) is 13.0. The highest BCUT2D eigenvalue weighted by molar-refractivity contribution is 5.28. The van der Waals surface area contributed by atoms with Gasteiger partial charge in [-0.25, -0.2) is 0 Å². The minimum atomic E-state index is 0.255. The molecule has 2 heterocycles. The van der Waals surface area contributed by atoms with Gasteiger partial charge in [0, 0.05) is 13.2 Å². The number of methoxy groups -OCH3 is 1. The van der Waals surface area contributed by atoms with Crippen LogP contribution in [0.2, 0.25) is 0 Å². The highest BCUT2D eigenvalue weighted by Crippen LogP contribution is 2.24. The molecule has 3 rings (SSSR count). The molecule has 1 aliphatic rings. The lowest BCUT2D eigenvalue weighted by Crippen LogP contribution is -2.17. The molecule has 0 amide bonds. The molecule has 0 aliphatic carbocycles. The topological polar surface area (TPSA) is 60.6 Å². The number of nitrogens with zero attached hydrogens (tertiary/aromatic N) is 3. The van der Waals surface area contributed by atoms with Crippen molar-refractivity contribution in [2.24, 2.45) is 0 Å². The molecule has 1 saturated heterocycles. The molecule has 0 radical (unpaired) electrons. The molecule has 1 aromatic heterocycles. The summed E-state index contributed by atoms with van der Waals surface area (Å²) in [6, 6.07) is 8.05. The van der Waals surface area contributed by atoms with E-state index in [-0.39, 0.29) is 5.92 Å². The van der Waals surface area contributed by atoms with E-state index in [2.05, 4.69) is 21.2 Å². The fourth-order valence-electron chi connectivity index (χ4n) is 2.59. The summed E-state index contributed by atoms with van der Waals surface area (Å²) < 4.78 is 16.3. The third kappa shape index (κ3) is 3.64. The molecule has 22 heavy (non-hydrogen) atoms. The predicted octanol–water partition coefficient (Wildman–Crippen LogP) is 2.21. The van der Waals surface area contributed by atoms with E-state index in [1.54, 1.807) is 7.11 Å². The first kappa shape index (κ1) is 15.0. The fraction of sp³-hybridized carbons (Fsp3) is 0.500. The largest absolute Gasteiger partial charge is 0.497 e. The Labute approximate surface area is 130 Å². The molecular weight excluding hydrogens is 282 g/mol. The highest BCUT2D eigenvalue weighted by Gasteiger charge is 2.23. The van der Waals surface area contributed by atoms with Gasteiger partial charge < -0.3 is 13.9 Å². The van der Waals surface area contributed by atoms with Crippen LogP contribution in [0.1, 0.15) is 29.7 Å². The van der Waals surface area contributed by atoms with E-state index in [1.165, 1.54) is 5.56 Å². The zero-order chi connectivity index (χ0) is 15.4. The van der Waals surface area contributed by atoms with E-state index >= 15 is 0 Å². The molecule has 118 valence electrons. The zero-order valence-corrected chi connectivity index (χ0v) is 13.0. The second-order valence-corrected chi connectivity index (χ2v) is 5.62. The minimum Gasteiger partial charge on any atom is -0.497 e. The summed E-state index contributed by atoms with van der Waals surface area (Å²) in [6.07, 6.45) is 0.960. The molecular formula is C16H21N3O3. The standard InChI is InChI=1S/C16H21N3O3/c1-19(9-12-4-3-5-14(8-12)20-2)10-15-17-18-16(22-15)13-6-7-21-11-13/h3-5,8,13H,6-7,9-11H2,1-2H3. The molecule has 0 saturated carbocycles. The van der Waals surface area contributed by atoms with Crippen molar-refractivity contribution < 1.29 is 13.9 Å². The van der Waals surface area contributed by atoms with Gasteiger partial charge in [0.15, 0.2) is 0 Å². The second kappa shape index (κ2) is 6.89. The van der Waals surface area contributed by atoms with Crippen LogP contribution in [0.25, 0.3) is 0 Å². The van der Waals surface area contributed by atoms with Gasteiger partial charge in [0.05, 0.1) is 26.2 Å². The van der Waals surface area contributed by atoms with Crippen LogP contribution in [-0.2, 0) is 17.8 Å². The van der Waals surface area contributed by atoms with Gasteiger partial charge in [-0.05, 0) is 31.2 Å². The first-order chi connectivity index (χ1) is 10.7. The number of hydrogen-bond acceptors (Lipinski definition) is 6. The van der Waals surface area contributed by atoms with Crippen LogP contribution >= 0.6 is 0 Å². The molecule has 0 bridgehead atoms. The van der Waals surface area contributed by atoms with Crippen LogP contribution in [0.15, 0.2) is 28.7 Å². The summed E-state index contributed by atoms with van der Waals surface area (Å²) in [7, 11) is 3.71. The normalized spacial score (nSPS) is 18.0. The van der Waals surface area contributed by atoms with E-state index in [0.29, 0.717) is 24.9 Å². The average Bonchev–Trinajstić information content (AvgIpc) is 3.18. The number of benzene rings is 1. The molecule has 1 unspecified atom stereocenters. The van der Waals surface area contributed by atoms with E-state index < -0.39 is 0 Å². The lowest BCUT2D eigenvalue weighted by atomic mass is 10.1. The van der Waals surface area contributed by atoms with Gasteiger partial charge in [0.2, 0.25) is 11.8 Å². The summed E-state index contributed by atoms with van der Waals surface area (Å²) >= 11 is 0. The third-order valence-corrected chi connectivity index (χ3v) is 3.75. The smallest absolute Gasteiger partial charge is 0.230 e. The SMILES string of the molecule is COc1cccc(CN(C)Cc2nnc(C3CCOC3)o2)c1. The van der Waals surface area contributed by atoms with Crippen LogP contribution in [0.3, 0.4) is 0 Å². The Kier molecular flexibility index (Phi) is 4.70. The molecule has 1 fully saturated rings. The Morgan fingerprint density at radius 1 is 1.32 bits per heavy atom. The van der Waals surface area contributed by atoms with E-state index in [9.17, 15) is 0 Å². The molecule has 1 aromatic carbocycles. The molecule has 6 heteroatoms. The Hall–Kier alpha value is -1.92. The monoisotopic (exact) mass is 303 g/mol. The molecule has 1 aliphatic heterocycles. The fourth-order valence-corrected chi connectivity index (χ4v) is 2.59. The third-order valence-electron chi connectivity index (χ3n) is 3.75. The summed E-state index contributed by atoms with van der Waals surface area (Å²) in [4.78, 5) is 2.14. The van der Waals surface area contributed by atoms with Crippen molar-refractivity contribution in [2.75, 3.05) is 27.4 Å². The maximum absolute atomic E-state index is 5.75.